The van der Waals surface area contributed by atoms with Crippen LogP contribution in [0.25, 0.3) is 0 Å². The van der Waals surface area contributed by atoms with Crippen LogP contribution in [0.15, 0.2) is 18.5 Å². The fourth-order valence-corrected chi connectivity index (χ4v) is 1.36. The van der Waals surface area contributed by atoms with E-state index in [-0.39, 0.29) is 6.04 Å². The van der Waals surface area contributed by atoms with Gasteiger partial charge in [-0.25, -0.2) is 0 Å². The van der Waals surface area contributed by atoms with E-state index in [1.165, 1.54) is 0 Å². The summed E-state index contributed by atoms with van der Waals surface area (Å²) in [5.41, 5.74) is 7.03. The highest BCUT2D eigenvalue weighted by Crippen LogP contribution is 2.19. The van der Waals surface area contributed by atoms with Crippen molar-refractivity contribution in [2.75, 3.05) is 6.61 Å². The SMILES string of the molecule is CCCC(N)c1cncc(OCC)c1. The summed E-state index contributed by atoms with van der Waals surface area (Å²) in [6, 6.07) is 2.05. The molecule has 78 valence electrons. The Kier molecular flexibility index (Phi) is 4.40. The predicted octanol–water partition coefficient (Wildman–Crippen LogP) is 2.28. The first kappa shape index (κ1) is 11.0. The van der Waals surface area contributed by atoms with Gasteiger partial charge < -0.3 is 10.5 Å². The van der Waals surface area contributed by atoms with Crippen LogP contribution in [0.2, 0.25) is 0 Å². The number of nitrogens with zero attached hydrogens (tertiary/aromatic N) is 1. The van der Waals surface area contributed by atoms with Gasteiger partial charge in [0.25, 0.3) is 0 Å². The molecule has 0 radical (unpaired) electrons. The first-order chi connectivity index (χ1) is 6.77. The van der Waals surface area contributed by atoms with E-state index in [1.54, 1.807) is 6.20 Å². The number of aromatic nitrogens is 1. The minimum atomic E-state index is 0.0768. The quantitative estimate of drug-likeness (QED) is 0.782. The van der Waals surface area contributed by atoms with Gasteiger partial charge in [-0.15, -0.1) is 0 Å². The van der Waals surface area contributed by atoms with E-state index in [2.05, 4.69) is 11.9 Å². The molecule has 3 heteroatoms. The van der Waals surface area contributed by atoms with Gasteiger partial charge >= 0.3 is 0 Å². The van der Waals surface area contributed by atoms with Crippen molar-refractivity contribution in [2.24, 2.45) is 5.73 Å². The molecule has 1 atom stereocenters. The van der Waals surface area contributed by atoms with Crippen LogP contribution in [-0.4, -0.2) is 11.6 Å². The minimum Gasteiger partial charge on any atom is -0.492 e. The van der Waals surface area contributed by atoms with Crippen molar-refractivity contribution in [3.8, 4) is 5.75 Å². The van der Waals surface area contributed by atoms with E-state index >= 15 is 0 Å². The Labute approximate surface area is 85.3 Å². The largest absolute Gasteiger partial charge is 0.492 e. The molecule has 1 heterocycles. The molecule has 1 rings (SSSR count). The smallest absolute Gasteiger partial charge is 0.137 e. The number of hydrogen-bond donors (Lipinski definition) is 1. The van der Waals surface area contributed by atoms with Gasteiger partial charge in [-0.2, -0.15) is 0 Å². The van der Waals surface area contributed by atoms with E-state index in [1.807, 2.05) is 19.2 Å². The number of ether oxygens (including phenoxy) is 1. The maximum atomic E-state index is 5.98. The predicted molar refractivity (Wildman–Crippen MR) is 57.2 cm³/mol. The normalized spacial score (nSPS) is 12.5. The van der Waals surface area contributed by atoms with Crippen LogP contribution in [0.5, 0.6) is 5.75 Å². The van der Waals surface area contributed by atoms with E-state index in [9.17, 15) is 0 Å². The van der Waals surface area contributed by atoms with E-state index in [0.717, 1.165) is 24.2 Å². The molecule has 1 unspecified atom stereocenters. The third-order valence-electron chi connectivity index (χ3n) is 2.07. The monoisotopic (exact) mass is 194 g/mol. The Morgan fingerprint density at radius 1 is 1.43 bits per heavy atom. The lowest BCUT2D eigenvalue weighted by Crippen LogP contribution is -2.10. The van der Waals surface area contributed by atoms with Crippen molar-refractivity contribution < 1.29 is 4.74 Å². The van der Waals surface area contributed by atoms with Crippen LogP contribution < -0.4 is 10.5 Å². The number of hydrogen-bond acceptors (Lipinski definition) is 3. The molecule has 0 bridgehead atoms. The topological polar surface area (TPSA) is 48.1 Å². The van der Waals surface area contributed by atoms with Gasteiger partial charge in [0.15, 0.2) is 0 Å². The highest BCUT2D eigenvalue weighted by atomic mass is 16.5. The zero-order valence-corrected chi connectivity index (χ0v) is 8.86. The summed E-state index contributed by atoms with van der Waals surface area (Å²) in [6.07, 6.45) is 5.59. The third kappa shape index (κ3) is 3.00. The molecule has 3 nitrogen and oxygen atoms in total. The highest BCUT2D eigenvalue weighted by molar-refractivity contribution is 5.25. The van der Waals surface area contributed by atoms with Gasteiger partial charge in [0, 0.05) is 12.2 Å². The van der Waals surface area contributed by atoms with Gasteiger partial charge in [0.1, 0.15) is 5.75 Å². The van der Waals surface area contributed by atoms with E-state index in [4.69, 9.17) is 10.5 Å². The third-order valence-corrected chi connectivity index (χ3v) is 2.07. The van der Waals surface area contributed by atoms with Gasteiger partial charge in [0.05, 0.1) is 12.8 Å². The Bertz CT molecular complexity index is 276. The second kappa shape index (κ2) is 5.60. The van der Waals surface area contributed by atoms with Gasteiger partial charge in [0.2, 0.25) is 0 Å². The van der Waals surface area contributed by atoms with Crippen LogP contribution in [-0.2, 0) is 0 Å². The average molecular weight is 194 g/mol. The zero-order chi connectivity index (χ0) is 10.4. The molecule has 0 aromatic carbocycles. The number of nitrogens with two attached hydrogens (primary N) is 1. The fourth-order valence-electron chi connectivity index (χ4n) is 1.36. The Morgan fingerprint density at radius 2 is 2.21 bits per heavy atom. The summed E-state index contributed by atoms with van der Waals surface area (Å²) in [5, 5.41) is 0. The number of pyridine rings is 1. The summed E-state index contributed by atoms with van der Waals surface area (Å²) in [7, 11) is 0. The van der Waals surface area contributed by atoms with Gasteiger partial charge in [-0.3, -0.25) is 4.98 Å². The van der Waals surface area contributed by atoms with Crippen molar-refractivity contribution in [1.82, 2.24) is 4.98 Å². The highest BCUT2D eigenvalue weighted by Gasteiger charge is 2.05. The second-order valence-corrected chi connectivity index (χ2v) is 3.28. The Morgan fingerprint density at radius 3 is 2.86 bits per heavy atom. The first-order valence-corrected chi connectivity index (χ1v) is 5.11. The number of rotatable bonds is 5. The lowest BCUT2D eigenvalue weighted by atomic mass is 10.1. The van der Waals surface area contributed by atoms with Crippen molar-refractivity contribution in [3.63, 3.8) is 0 Å². The molecule has 1 aromatic rings. The molecule has 0 aliphatic carbocycles. The average Bonchev–Trinajstić information content (AvgIpc) is 2.19. The van der Waals surface area contributed by atoms with Gasteiger partial charge in [-0.1, -0.05) is 13.3 Å². The maximum absolute atomic E-state index is 5.98. The van der Waals surface area contributed by atoms with E-state index < -0.39 is 0 Å². The molecule has 0 saturated heterocycles. The maximum Gasteiger partial charge on any atom is 0.137 e. The Balaban J connectivity index is 2.71. The Hall–Kier alpha value is -1.09. The lowest BCUT2D eigenvalue weighted by molar-refractivity contribution is 0.338. The first-order valence-electron chi connectivity index (χ1n) is 5.11. The molecule has 14 heavy (non-hydrogen) atoms. The van der Waals surface area contributed by atoms with Gasteiger partial charge in [-0.05, 0) is 25.0 Å². The van der Waals surface area contributed by atoms with Crippen molar-refractivity contribution >= 4 is 0 Å². The lowest BCUT2D eigenvalue weighted by Gasteiger charge is -2.11. The molecule has 1 aromatic heterocycles. The van der Waals surface area contributed by atoms with Crippen LogP contribution in [0.4, 0.5) is 0 Å². The summed E-state index contributed by atoms with van der Waals surface area (Å²) in [4.78, 5) is 4.10. The zero-order valence-electron chi connectivity index (χ0n) is 8.86. The summed E-state index contributed by atoms with van der Waals surface area (Å²) in [6.45, 7) is 4.74. The molecular weight excluding hydrogens is 176 g/mol. The van der Waals surface area contributed by atoms with Crippen LogP contribution in [0.1, 0.15) is 38.3 Å². The molecule has 0 fully saturated rings. The molecule has 0 aliphatic heterocycles. The molecule has 0 amide bonds. The fraction of sp³-hybridized carbons (Fsp3) is 0.545. The van der Waals surface area contributed by atoms with Crippen molar-refractivity contribution in [3.05, 3.63) is 24.0 Å². The van der Waals surface area contributed by atoms with Crippen LogP contribution >= 0.6 is 0 Å². The summed E-state index contributed by atoms with van der Waals surface area (Å²) < 4.78 is 5.36. The van der Waals surface area contributed by atoms with Crippen molar-refractivity contribution in [2.45, 2.75) is 32.7 Å². The molecule has 0 spiro atoms. The van der Waals surface area contributed by atoms with E-state index in [0.29, 0.717) is 6.61 Å². The summed E-state index contributed by atoms with van der Waals surface area (Å²) in [5.74, 6) is 0.802. The molecule has 0 saturated carbocycles. The standard InChI is InChI=1S/C11H18N2O/c1-3-5-11(12)9-6-10(14-4-2)8-13-7-9/h6-8,11H,3-5,12H2,1-2H3. The van der Waals surface area contributed by atoms with Crippen molar-refractivity contribution in [1.29, 1.82) is 0 Å². The molecular formula is C11H18N2O. The van der Waals surface area contributed by atoms with Crippen LogP contribution in [0, 0.1) is 0 Å². The van der Waals surface area contributed by atoms with Crippen LogP contribution in [0.3, 0.4) is 0 Å². The summed E-state index contributed by atoms with van der Waals surface area (Å²) >= 11 is 0. The minimum absolute atomic E-state index is 0.0768. The molecule has 0 aliphatic rings. The second-order valence-electron chi connectivity index (χ2n) is 3.28. The molecule has 2 N–H and O–H groups in total.